The molecule has 0 bridgehead atoms. The van der Waals surface area contributed by atoms with E-state index in [1.807, 2.05) is 0 Å². The molecule has 0 fully saturated rings. The van der Waals surface area contributed by atoms with Crippen LogP contribution in [0, 0.1) is 0 Å². The number of carbonyl (C=O) groups is 2. The first kappa shape index (κ1) is 17.6. The number of methoxy groups -OCH3 is 1. The quantitative estimate of drug-likeness (QED) is 0.715. The molecule has 0 atom stereocenters. The summed E-state index contributed by atoms with van der Waals surface area (Å²) in [5.41, 5.74) is 0.317. The Morgan fingerprint density at radius 1 is 1.19 bits per heavy atom. The Balaban J connectivity index is 2.49. The average Bonchev–Trinajstić information content (AvgIpc) is 2.44. The predicted molar refractivity (Wildman–Crippen MR) is 81.5 cm³/mol. The zero-order valence-corrected chi connectivity index (χ0v) is 13.1. The van der Waals surface area contributed by atoms with Crippen molar-refractivity contribution in [1.29, 1.82) is 0 Å². The van der Waals surface area contributed by atoms with Gasteiger partial charge in [0.2, 0.25) is 0 Å². The Labute approximate surface area is 133 Å². The van der Waals surface area contributed by atoms with Crippen LogP contribution in [0.3, 0.4) is 0 Å². The summed E-state index contributed by atoms with van der Waals surface area (Å²) in [5, 5.41) is 11.8. The number of halogens is 2. The fourth-order valence-corrected chi connectivity index (χ4v) is 2.07. The summed E-state index contributed by atoms with van der Waals surface area (Å²) in [6.07, 6.45) is 2.20. The van der Waals surface area contributed by atoms with Crippen LogP contribution in [0.2, 0.25) is 10.0 Å². The molecule has 0 spiro atoms. The van der Waals surface area contributed by atoms with Crippen molar-refractivity contribution in [3.05, 3.63) is 27.7 Å². The zero-order valence-electron chi connectivity index (χ0n) is 11.6. The second-order valence-corrected chi connectivity index (χ2v) is 5.24. The van der Waals surface area contributed by atoms with E-state index in [0.717, 1.165) is 6.42 Å². The van der Waals surface area contributed by atoms with E-state index in [4.69, 9.17) is 33.0 Å². The van der Waals surface area contributed by atoms with Gasteiger partial charge in [0.05, 0.1) is 22.7 Å². The van der Waals surface area contributed by atoms with E-state index >= 15 is 0 Å². The number of hydrogen-bond donors (Lipinski definition) is 2. The molecule has 1 amide bonds. The first-order valence-corrected chi connectivity index (χ1v) is 7.24. The Bertz CT molecular complexity index is 520. The summed E-state index contributed by atoms with van der Waals surface area (Å²) in [5.74, 6) is -0.754. The Morgan fingerprint density at radius 3 is 2.48 bits per heavy atom. The van der Waals surface area contributed by atoms with Crippen LogP contribution in [0.4, 0.5) is 0 Å². The molecule has 0 radical (unpaired) electrons. The average molecular weight is 334 g/mol. The number of amides is 1. The van der Waals surface area contributed by atoms with Crippen LogP contribution in [0.5, 0.6) is 5.75 Å². The summed E-state index contributed by atoms with van der Waals surface area (Å²) in [4.78, 5) is 22.4. The topological polar surface area (TPSA) is 75.6 Å². The summed E-state index contributed by atoms with van der Waals surface area (Å²) in [6, 6.07) is 2.95. The van der Waals surface area contributed by atoms with Crippen LogP contribution in [-0.4, -0.2) is 30.6 Å². The van der Waals surface area contributed by atoms with Crippen LogP contribution < -0.4 is 10.1 Å². The fraction of sp³-hybridized carbons (Fsp3) is 0.429. The highest BCUT2D eigenvalue weighted by molar-refractivity contribution is 6.42. The lowest BCUT2D eigenvalue weighted by Gasteiger charge is -2.10. The summed E-state index contributed by atoms with van der Waals surface area (Å²) >= 11 is 11.8. The maximum Gasteiger partial charge on any atom is 0.303 e. The minimum atomic E-state index is -0.806. The molecule has 5 nitrogen and oxygen atoms in total. The summed E-state index contributed by atoms with van der Waals surface area (Å²) in [6.45, 7) is 0.460. The lowest BCUT2D eigenvalue weighted by molar-refractivity contribution is -0.137. The highest BCUT2D eigenvalue weighted by Gasteiger charge is 2.14. The third kappa shape index (κ3) is 5.81. The van der Waals surface area contributed by atoms with E-state index in [9.17, 15) is 9.59 Å². The standard InChI is InChI=1S/C14H17Cl2NO4/c1-21-12-8-11(16)10(15)7-9(12)14(20)17-6-4-2-3-5-13(18)19/h7-8H,2-6H2,1H3,(H,17,20)(H,18,19). The van der Waals surface area contributed by atoms with Crippen LogP contribution in [0.1, 0.15) is 36.0 Å². The predicted octanol–water partition coefficient (Wildman–Crippen LogP) is 3.38. The van der Waals surface area contributed by atoms with Crippen molar-refractivity contribution >= 4 is 35.1 Å². The number of aliphatic carboxylic acids is 1. The van der Waals surface area contributed by atoms with Crippen molar-refractivity contribution in [1.82, 2.24) is 5.32 Å². The second-order valence-electron chi connectivity index (χ2n) is 4.43. The van der Waals surface area contributed by atoms with Gasteiger partial charge in [0.15, 0.2) is 0 Å². The van der Waals surface area contributed by atoms with Gasteiger partial charge >= 0.3 is 5.97 Å². The van der Waals surface area contributed by atoms with Crippen LogP contribution in [0.15, 0.2) is 12.1 Å². The highest BCUT2D eigenvalue weighted by Crippen LogP contribution is 2.30. The van der Waals surface area contributed by atoms with Crippen molar-refractivity contribution in [3.63, 3.8) is 0 Å². The smallest absolute Gasteiger partial charge is 0.303 e. The molecule has 0 unspecified atom stereocenters. The van der Waals surface area contributed by atoms with Gasteiger partial charge in [0.1, 0.15) is 5.75 Å². The van der Waals surface area contributed by atoms with Crippen LogP contribution >= 0.6 is 23.2 Å². The molecule has 0 aliphatic rings. The maximum atomic E-state index is 12.0. The number of rotatable bonds is 8. The van der Waals surface area contributed by atoms with Gasteiger partial charge in [-0.25, -0.2) is 0 Å². The minimum absolute atomic E-state index is 0.147. The molecule has 2 N–H and O–H groups in total. The van der Waals surface area contributed by atoms with Crippen molar-refractivity contribution in [2.75, 3.05) is 13.7 Å². The molecular weight excluding hydrogens is 317 g/mol. The van der Waals surface area contributed by atoms with E-state index < -0.39 is 5.97 Å². The maximum absolute atomic E-state index is 12.0. The zero-order chi connectivity index (χ0) is 15.8. The molecule has 0 saturated heterocycles. The number of hydrogen-bond acceptors (Lipinski definition) is 3. The highest BCUT2D eigenvalue weighted by atomic mass is 35.5. The monoisotopic (exact) mass is 333 g/mol. The number of carbonyl (C=O) groups excluding carboxylic acids is 1. The van der Waals surface area contributed by atoms with E-state index in [-0.39, 0.29) is 17.4 Å². The second kappa shape index (κ2) is 8.74. The van der Waals surface area contributed by atoms with Crippen LogP contribution in [-0.2, 0) is 4.79 Å². The van der Waals surface area contributed by atoms with E-state index in [1.165, 1.54) is 19.2 Å². The molecule has 0 aromatic heterocycles. The van der Waals surface area contributed by atoms with Gasteiger partial charge < -0.3 is 15.2 Å². The molecule has 0 aliphatic carbocycles. The van der Waals surface area contributed by atoms with Gasteiger partial charge in [-0.2, -0.15) is 0 Å². The Kier molecular flexibility index (Phi) is 7.32. The number of unbranched alkanes of at least 4 members (excludes halogenated alkanes) is 2. The van der Waals surface area contributed by atoms with Gasteiger partial charge in [-0.05, 0) is 18.9 Å². The number of carboxylic acids is 1. The van der Waals surface area contributed by atoms with Gasteiger partial charge in [0, 0.05) is 19.0 Å². The first-order chi connectivity index (χ1) is 9.95. The lowest BCUT2D eigenvalue weighted by atomic mass is 10.1. The summed E-state index contributed by atoms with van der Waals surface area (Å²) < 4.78 is 5.10. The van der Waals surface area contributed by atoms with Gasteiger partial charge in [-0.1, -0.05) is 29.6 Å². The van der Waals surface area contributed by atoms with Gasteiger partial charge in [0.25, 0.3) is 5.91 Å². The first-order valence-electron chi connectivity index (χ1n) is 6.48. The number of ether oxygens (including phenoxy) is 1. The fourth-order valence-electron chi connectivity index (χ4n) is 1.75. The third-order valence-electron chi connectivity index (χ3n) is 2.84. The minimum Gasteiger partial charge on any atom is -0.496 e. The lowest BCUT2D eigenvalue weighted by Crippen LogP contribution is -2.25. The van der Waals surface area contributed by atoms with E-state index in [0.29, 0.717) is 35.7 Å². The Morgan fingerprint density at radius 2 is 1.86 bits per heavy atom. The van der Waals surface area contributed by atoms with Crippen molar-refractivity contribution in [2.45, 2.75) is 25.7 Å². The molecule has 116 valence electrons. The third-order valence-corrected chi connectivity index (χ3v) is 3.56. The van der Waals surface area contributed by atoms with Gasteiger partial charge in [-0.3, -0.25) is 9.59 Å². The molecule has 0 heterocycles. The van der Waals surface area contributed by atoms with E-state index in [1.54, 1.807) is 0 Å². The Hall–Kier alpha value is -1.46. The van der Waals surface area contributed by atoms with Crippen molar-refractivity contribution < 1.29 is 19.4 Å². The largest absolute Gasteiger partial charge is 0.496 e. The normalized spacial score (nSPS) is 10.2. The van der Waals surface area contributed by atoms with E-state index in [2.05, 4.69) is 5.32 Å². The number of benzene rings is 1. The molecule has 0 saturated carbocycles. The molecule has 1 aromatic rings. The van der Waals surface area contributed by atoms with Crippen molar-refractivity contribution in [3.8, 4) is 5.75 Å². The van der Waals surface area contributed by atoms with Crippen LogP contribution in [0.25, 0.3) is 0 Å². The molecule has 0 aliphatic heterocycles. The summed E-state index contributed by atoms with van der Waals surface area (Å²) in [7, 11) is 1.45. The molecular formula is C14H17Cl2NO4. The molecule has 1 rings (SSSR count). The SMILES string of the molecule is COc1cc(Cl)c(Cl)cc1C(=O)NCCCCCC(=O)O. The molecule has 21 heavy (non-hydrogen) atoms. The number of nitrogens with one attached hydrogen (secondary N) is 1. The van der Waals surface area contributed by atoms with Crippen molar-refractivity contribution in [2.24, 2.45) is 0 Å². The number of carboxylic acid groups (broad SMARTS) is 1. The molecule has 7 heteroatoms. The van der Waals surface area contributed by atoms with Gasteiger partial charge in [-0.15, -0.1) is 0 Å². The molecule has 1 aromatic carbocycles.